The average molecular weight is 261 g/mol. The Labute approximate surface area is 117 Å². The largest absolute Gasteiger partial charge is 0.456 e. The first-order valence-electron chi connectivity index (χ1n) is 6.89. The maximum Gasteiger partial charge on any atom is 0.135 e. The molecule has 1 aliphatic rings. The van der Waals surface area contributed by atoms with Crippen LogP contribution in [0.5, 0.6) is 0 Å². The van der Waals surface area contributed by atoms with Crippen LogP contribution in [0.4, 0.5) is 0 Å². The second-order valence-corrected chi connectivity index (χ2v) is 5.23. The number of hydrogen-bond donors (Lipinski definition) is 1. The number of fused-ring (bicyclic) bond motifs is 3. The predicted molar refractivity (Wildman–Crippen MR) is 83.2 cm³/mol. The molecule has 2 aromatic carbocycles. The summed E-state index contributed by atoms with van der Waals surface area (Å²) in [7, 11) is 0. The minimum absolute atomic E-state index is 0.934. The van der Waals surface area contributed by atoms with Crippen LogP contribution in [-0.4, -0.2) is 0 Å². The summed E-state index contributed by atoms with van der Waals surface area (Å²) in [6, 6.07) is 14.5. The summed E-state index contributed by atoms with van der Waals surface area (Å²) in [4.78, 5) is 0. The van der Waals surface area contributed by atoms with Crippen molar-refractivity contribution in [2.45, 2.75) is 12.8 Å². The molecule has 0 unspecified atom stereocenters. The molecule has 0 fully saturated rings. The lowest BCUT2D eigenvalue weighted by Crippen LogP contribution is -2.00. The van der Waals surface area contributed by atoms with E-state index in [9.17, 15) is 0 Å². The first-order chi connectivity index (χ1) is 9.81. The highest BCUT2D eigenvalue weighted by molar-refractivity contribution is 6.06. The molecule has 0 atom stereocenters. The van der Waals surface area contributed by atoms with Crippen LogP contribution in [0.15, 0.2) is 64.7 Å². The van der Waals surface area contributed by atoms with E-state index in [4.69, 9.17) is 10.2 Å². The molecule has 1 aliphatic carbocycles. The molecule has 2 nitrogen and oxygen atoms in total. The summed E-state index contributed by atoms with van der Waals surface area (Å²) in [6.45, 7) is 0. The van der Waals surface area contributed by atoms with E-state index in [1.54, 1.807) is 0 Å². The monoisotopic (exact) mass is 261 g/mol. The van der Waals surface area contributed by atoms with Crippen molar-refractivity contribution in [2.24, 2.45) is 5.73 Å². The first kappa shape index (κ1) is 11.4. The topological polar surface area (TPSA) is 39.2 Å². The van der Waals surface area contributed by atoms with E-state index in [-0.39, 0.29) is 0 Å². The van der Waals surface area contributed by atoms with E-state index < -0.39 is 0 Å². The molecule has 2 N–H and O–H groups in total. The molecule has 0 bridgehead atoms. The number of furan rings is 1. The van der Waals surface area contributed by atoms with Gasteiger partial charge >= 0.3 is 0 Å². The molecule has 0 radical (unpaired) electrons. The third kappa shape index (κ3) is 1.73. The Morgan fingerprint density at radius 1 is 0.950 bits per heavy atom. The minimum Gasteiger partial charge on any atom is -0.456 e. The van der Waals surface area contributed by atoms with Gasteiger partial charge in [-0.25, -0.2) is 0 Å². The van der Waals surface area contributed by atoms with Crippen LogP contribution in [0.1, 0.15) is 18.4 Å². The van der Waals surface area contributed by atoms with Crippen LogP contribution in [-0.2, 0) is 0 Å². The number of benzene rings is 2. The van der Waals surface area contributed by atoms with Crippen molar-refractivity contribution < 1.29 is 4.42 Å². The highest BCUT2D eigenvalue weighted by Crippen LogP contribution is 2.32. The maximum atomic E-state index is 5.95. The lowest BCUT2D eigenvalue weighted by molar-refractivity contribution is 0.669. The highest BCUT2D eigenvalue weighted by atomic mass is 16.3. The van der Waals surface area contributed by atoms with Gasteiger partial charge in [0.15, 0.2) is 0 Å². The lowest BCUT2D eigenvalue weighted by Gasteiger charge is -2.10. The maximum absolute atomic E-state index is 5.95. The molecule has 1 aromatic heterocycles. The normalized spacial score (nSPS) is 15.4. The van der Waals surface area contributed by atoms with Gasteiger partial charge in [-0.1, -0.05) is 30.3 Å². The molecule has 1 heterocycles. The van der Waals surface area contributed by atoms with Gasteiger partial charge in [0.05, 0.1) is 0 Å². The molecule has 3 aromatic rings. The molecule has 0 saturated carbocycles. The first-order valence-corrected chi connectivity index (χ1v) is 6.89. The van der Waals surface area contributed by atoms with Gasteiger partial charge in [0.2, 0.25) is 0 Å². The Balaban J connectivity index is 1.94. The van der Waals surface area contributed by atoms with Crippen molar-refractivity contribution in [3.8, 4) is 0 Å². The van der Waals surface area contributed by atoms with Gasteiger partial charge in [0.1, 0.15) is 11.2 Å². The van der Waals surface area contributed by atoms with Crippen molar-refractivity contribution in [3.63, 3.8) is 0 Å². The zero-order valence-electron chi connectivity index (χ0n) is 11.1. The highest BCUT2D eigenvalue weighted by Gasteiger charge is 2.10. The summed E-state index contributed by atoms with van der Waals surface area (Å²) in [6.07, 6.45) is 6.30. The van der Waals surface area contributed by atoms with Crippen LogP contribution in [0.25, 0.3) is 27.5 Å². The molecular formula is C18H15NO. The van der Waals surface area contributed by atoms with Gasteiger partial charge < -0.3 is 10.2 Å². The summed E-state index contributed by atoms with van der Waals surface area (Å²) in [5.74, 6) is 0. The molecule has 98 valence electrons. The Morgan fingerprint density at radius 3 is 2.70 bits per heavy atom. The smallest absolute Gasteiger partial charge is 0.135 e. The molecule has 0 amide bonds. The van der Waals surface area contributed by atoms with E-state index in [2.05, 4.69) is 30.4 Å². The molecule has 0 saturated heterocycles. The van der Waals surface area contributed by atoms with Crippen LogP contribution in [0, 0.1) is 0 Å². The molecule has 4 rings (SSSR count). The number of rotatable bonds is 1. The molecule has 20 heavy (non-hydrogen) atoms. The van der Waals surface area contributed by atoms with E-state index in [1.165, 1.54) is 11.1 Å². The predicted octanol–water partition coefficient (Wildman–Crippen LogP) is 4.61. The van der Waals surface area contributed by atoms with Gasteiger partial charge in [-0.2, -0.15) is 0 Å². The van der Waals surface area contributed by atoms with Crippen molar-refractivity contribution in [2.75, 3.05) is 0 Å². The van der Waals surface area contributed by atoms with Crippen LogP contribution in [0.3, 0.4) is 0 Å². The third-order valence-corrected chi connectivity index (χ3v) is 3.85. The number of hydrogen-bond acceptors (Lipinski definition) is 2. The number of allylic oxidation sites excluding steroid dienone is 4. The Morgan fingerprint density at radius 2 is 1.80 bits per heavy atom. The molecule has 2 heteroatoms. The van der Waals surface area contributed by atoms with Gasteiger partial charge in [-0.15, -0.1) is 0 Å². The Hall–Kier alpha value is -2.48. The Bertz CT molecular complexity index is 867. The molecular weight excluding hydrogens is 246 g/mol. The van der Waals surface area contributed by atoms with Crippen LogP contribution in [0.2, 0.25) is 0 Å². The minimum atomic E-state index is 0.934. The summed E-state index contributed by atoms with van der Waals surface area (Å²) < 4.78 is 5.86. The Kier molecular flexibility index (Phi) is 2.43. The van der Waals surface area contributed by atoms with Crippen LogP contribution >= 0.6 is 0 Å². The number of para-hydroxylation sites is 1. The molecule has 0 aliphatic heterocycles. The van der Waals surface area contributed by atoms with Crippen molar-refractivity contribution >= 4 is 27.5 Å². The van der Waals surface area contributed by atoms with Gasteiger partial charge in [0, 0.05) is 16.5 Å². The van der Waals surface area contributed by atoms with Crippen molar-refractivity contribution in [1.29, 1.82) is 0 Å². The zero-order chi connectivity index (χ0) is 13.5. The standard InChI is InChI=1S/C18H15NO/c19-14-5-3-4-12(10-14)13-8-9-18-16(11-13)15-6-1-2-7-17(15)20-18/h1-2,4,6-11H,3,5,19H2. The van der Waals surface area contributed by atoms with E-state index in [0.29, 0.717) is 0 Å². The van der Waals surface area contributed by atoms with Crippen molar-refractivity contribution in [1.82, 2.24) is 0 Å². The van der Waals surface area contributed by atoms with E-state index in [0.717, 1.165) is 40.5 Å². The van der Waals surface area contributed by atoms with Gasteiger partial charge in [-0.05, 0) is 48.3 Å². The summed E-state index contributed by atoms with van der Waals surface area (Å²) >= 11 is 0. The second-order valence-electron chi connectivity index (χ2n) is 5.23. The molecule has 0 spiro atoms. The SMILES string of the molecule is NC1=CC(c2ccc3oc4ccccc4c3c2)=CCC1. The van der Waals surface area contributed by atoms with Gasteiger partial charge in [0.25, 0.3) is 0 Å². The summed E-state index contributed by atoms with van der Waals surface area (Å²) in [5, 5.41) is 2.33. The second kappa shape index (κ2) is 4.27. The van der Waals surface area contributed by atoms with Crippen LogP contribution < -0.4 is 5.73 Å². The van der Waals surface area contributed by atoms with Crippen molar-refractivity contribution in [3.05, 3.63) is 65.9 Å². The fourth-order valence-electron chi connectivity index (χ4n) is 2.83. The number of nitrogens with two attached hydrogens (primary N) is 1. The van der Waals surface area contributed by atoms with E-state index in [1.807, 2.05) is 24.3 Å². The van der Waals surface area contributed by atoms with E-state index >= 15 is 0 Å². The quantitative estimate of drug-likeness (QED) is 0.695. The summed E-state index contributed by atoms with van der Waals surface area (Å²) in [5.41, 5.74) is 11.2. The fourth-order valence-corrected chi connectivity index (χ4v) is 2.83. The zero-order valence-corrected chi connectivity index (χ0v) is 11.1. The third-order valence-electron chi connectivity index (χ3n) is 3.85. The lowest BCUT2D eigenvalue weighted by atomic mass is 9.96. The average Bonchev–Trinajstić information content (AvgIpc) is 2.85. The van der Waals surface area contributed by atoms with Gasteiger partial charge in [-0.3, -0.25) is 0 Å². The fraction of sp³-hybridized carbons (Fsp3) is 0.111.